The van der Waals surface area contributed by atoms with Crippen molar-refractivity contribution in [3.05, 3.63) is 65.5 Å². The highest BCUT2D eigenvalue weighted by molar-refractivity contribution is 5.80. The van der Waals surface area contributed by atoms with E-state index >= 15 is 0 Å². The molecule has 0 atom stereocenters. The molecule has 0 heterocycles. The third kappa shape index (κ3) is 3.14. The number of hydrazone groups is 1. The van der Waals surface area contributed by atoms with E-state index in [1.165, 1.54) is 12.3 Å². The first-order chi connectivity index (χ1) is 8.25. The Kier molecular flexibility index (Phi) is 3.50. The van der Waals surface area contributed by atoms with Crippen LogP contribution in [0.5, 0.6) is 0 Å². The molecule has 86 valence electrons. The molecule has 0 aliphatic heterocycles. The van der Waals surface area contributed by atoms with Crippen molar-refractivity contribution in [1.29, 1.82) is 0 Å². The van der Waals surface area contributed by atoms with Crippen LogP contribution in [0.2, 0.25) is 0 Å². The average molecular weight is 228 g/mol. The second-order valence-corrected chi connectivity index (χ2v) is 3.76. The molecule has 0 unspecified atom stereocenters. The van der Waals surface area contributed by atoms with Gasteiger partial charge in [-0.2, -0.15) is 5.10 Å². The van der Waals surface area contributed by atoms with Gasteiger partial charge < -0.3 is 0 Å². The maximum absolute atomic E-state index is 13.3. The molecule has 0 aromatic heterocycles. The summed E-state index contributed by atoms with van der Waals surface area (Å²) >= 11 is 0. The molecular formula is C14H13FN2. The van der Waals surface area contributed by atoms with Crippen molar-refractivity contribution in [3.8, 4) is 0 Å². The number of anilines is 1. The van der Waals surface area contributed by atoms with Crippen LogP contribution in [0.1, 0.15) is 11.1 Å². The molecule has 0 fully saturated rings. The van der Waals surface area contributed by atoms with Crippen LogP contribution in [-0.4, -0.2) is 6.21 Å². The molecule has 2 nitrogen and oxygen atoms in total. The van der Waals surface area contributed by atoms with Gasteiger partial charge in [-0.25, -0.2) is 4.39 Å². The van der Waals surface area contributed by atoms with E-state index in [1.807, 2.05) is 31.2 Å². The second kappa shape index (κ2) is 5.25. The number of nitrogens with one attached hydrogen (secondary N) is 1. The van der Waals surface area contributed by atoms with Crippen LogP contribution in [0.15, 0.2) is 53.6 Å². The number of benzene rings is 2. The largest absolute Gasteiger partial charge is 0.278 e. The van der Waals surface area contributed by atoms with E-state index in [-0.39, 0.29) is 5.82 Å². The monoisotopic (exact) mass is 228 g/mol. The predicted octanol–water partition coefficient (Wildman–Crippen LogP) is 3.58. The highest BCUT2D eigenvalue weighted by atomic mass is 19.1. The average Bonchev–Trinajstić information content (AvgIpc) is 2.32. The Labute approximate surface area is 99.8 Å². The lowest BCUT2D eigenvalue weighted by Crippen LogP contribution is -1.92. The van der Waals surface area contributed by atoms with Gasteiger partial charge in [-0.1, -0.05) is 30.3 Å². The standard InChI is InChI=1S/C14H13FN2/c1-11-5-4-7-13(9-11)17-16-10-12-6-2-3-8-14(12)15/h2-10,17H,1H3/b16-10-. The molecule has 0 saturated carbocycles. The van der Waals surface area contributed by atoms with Crippen LogP contribution >= 0.6 is 0 Å². The molecule has 2 aromatic carbocycles. The first-order valence-corrected chi connectivity index (χ1v) is 5.36. The van der Waals surface area contributed by atoms with Crippen LogP contribution in [0.3, 0.4) is 0 Å². The third-order valence-electron chi connectivity index (χ3n) is 2.32. The second-order valence-electron chi connectivity index (χ2n) is 3.76. The van der Waals surface area contributed by atoms with Crippen molar-refractivity contribution >= 4 is 11.9 Å². The molecule has 3 heteroatoms. The number of rotatable bonds is 3. The first kappa shape index (κ1) is 11.3. The summed E-state index contributed by atoms with van der Waals surface area (Å²) in [5, 5.41) is 4.00. The quantitative estimate of drug-likeness (QED) is 0.630. The van der Waals surface area contributed by atoms with E-state index in [4.69, 9.17) is 0 Å². The van der Waals surface area contributed by atoms with E-state index in [2.05, 4.69) is 10.5 Å². The zero-order chi connectivity index (χ0) is 12.1. The van der Waals surface area contributed by atoms with E-state index in [0.717, 1.165) is 11.3 Å². The van der Waals surface area contributed by atoms with Crippen molar-refractivity contribution in [2.24, 2.45) is 5.10 Å². The number of aryl methyl sites for hydroxylation is 1. The summed E-state index contributed by atoms with van der Waals surface area (Å²) in [6.45, 7) is 2.01. The molecule has 1 N–H and O–H groups in total. The number of nitrogens with zero attached hydrogens (tertiary/aromatic N) is 1. The first-order valence-electron chi connectivity index (χ1n) is 5.36. The van der Waals surface area contributed by atoms with Crippen molar-refractivity contribution in [3.63, 3.8) is 0 Å². The lowest BCUT2D eigenvalue weighted by Gasteiger charge is -2.01. The third-order valence-corrected chi connectivity index (χ3v) is 2.32. The molecule has 2 rings (SSSR count). The molecule has 0 radical (unpaired) electrons. The normalized spacial score (nSPS) is 10.7. The predicted molar refractivity (Wildman–Crippen MR) is 68.8 cm³/mol. The van der Waals surface area contributed by atoms with Gasteiger partial charge >= 0.3 is 0 Å². The van der Waals surface area contributed by atoms with E-state index in [9.17, 15) is 4.39 Å². The minimum absolute atomic E-state index is 0.276. The highest BCUT2D eigenvalue weighted by Gasteiger charge is 1.95. The van der Waals surface area contributed by atoms with Crippen molar-refractivity contribution < 1.29 is 4.39 Å². The van der Waals surface area contributed by atoms with Gasteiger partial charge in [0.1, 0.15) is 5.82 Å². The summed E-state index contributed by atoms with van der Waals surface area (Å²) in [7, 11) is 0. The minimum atomic E-state index is -0.276. The molecule has 17 heavy (non-hydrogen) atoms. The Bertz CT molecular complexity index is 535. The molecule has 0 spiro atoms. The Balaban J connectivity index is 2.06. The Morgan fingerprint density at radius 1 is 1.12 bits per heavy atom. The number of halogens is 1. The van der Waals surface area contributed by atoms with Crippen molar-refractivity contribution in [1.82, 2.24) is 0 Å². The van der Waals surface area contributed by atoms with Gasteiger partial charge in [-0.05, 0) is 30.7 Å². The van der Waals surface area contributed by atoms with E-state index in [1.54, 1.807) is 18.2 Å². The highest BCUT2D eigenvalue weighted by Crippen LogP contribution is 2.09. The van der Waals surface area contributed by atoms with Crippen LogP contribution in [0.25, 0.3) is 0 Å². The Morgan fingerprint density at radius 3 is 2.71 bits per heavy atom. The lowest BCUT2D eigenvalue weighted by atomic mass is 10.2. The fraction of sp³-hybridized carbons (Fsp3) is 0.0714. The van der Waals surface area contributed by atoms with E-state index < -0.39 is 0 Å². The molecule has 0 amide bonds. The summed E-state index contributed by atoms with van der Waals surface area (Å²) in [6, 6.07) is 14.3. The van der Waals surface area contributed by atoms with Gasteiger partial charge in [0.15, 0.2) is 0 Å². The maximum Gasteiger partial charge on any atom is 0.132 e. The summed E-state index contributed by atoms with van der Waals surface area (Å²) in [6.07, 6.45) is 1.47. The minimum Gasteiger partial charge on any atom is -0.278 e. The van der Waals surface area contributed by atoms with Gasteiger partial charge in [0, 0.05) is 5.56 Å². The van der Waals surface area contributed by atoms with Gasteiger partial charge in [0.05, 0.1) is 11.9 Å². The molecular weight excluding hydrogens is 215 g/mol. The summed E-state index contributed by atoms with van der Waals surface area (Å²) in [4.78, 5) is 0. The summed E-state index contributed by atoms with van der Waals surface area (Å²) in [5.74, 6) is -0.276. The Hall–Kier alpha value is -2.16. The molecule has 0 aliphatic carbocycles. The van der Waals surface area contributed by atoms with Crippen LogP contribution in [-0.2, 0) is 0 Å². The maximum atomic E-state index is 13.3. The summed E-state index contributed by atoms with van der Waals surface area (Å²) in [5.41, 5.74) is 5.37. The van der Waals surface area contributed by atoms with Crippen molar-refractivity contribution in [2.45, 2.75) is 6.92 Å². The van der Waals surface area contributed by atoms with Gasteiger partial charge in [0.2, 0.25) is 0 Å². The molecule has 0 saturated heterocycles. The van der Waals surface area contributed by atoms with E-state index in [0.29, 0.717) is 5.56 Å². The van der Waals surface area contributed by atoms with Gasteiger partial charge in [-0.3, -0.25) is 5.43 Å². The zero-order valence-corrected chi connectivity index (χ0v) is 9.52. The fourth-order valence-electron chi connectivity index (χ4n) is 1.47. The molecule has 0 aliphatic rings. The molecule has 2 aromatic rings. The van der Waals surface area contributed by atoms with Crippen LogP contribution in [0, 0.1) is 12.7 Å². The number of hydrogen-bond acceptors (Lipinski definition) is 2. The zero-order valence-electron chi connectivity index (χ0n) is 9.52. The Morgan fingerprint density at radius 2 is 1.94 bits per heavy atom. The lowest BCUT2D eigenvalue weighted by molar-refractivity contribution is 0.626. The smallest absolute Gasteiger partial charge is 0.132 e. The number of hydrogen-bond donors (Lipinski definition) is 1. The van der Waals surface area contributed by atoms with Gasteiger partial charge in [0.25, 0.3) is 0 Å². The van der Waals surface area contributed by atoms with Crippen LogP contribution < -0.4 is 5.43 Å². The van der Waals surface area contributed by atoms with Crippen molar-refractivity contribution in [2.75, 3.05) is 5.43 Å². The summed E-state index contributed by atoms with van der Waals surface area (Å²) < 4.78 is 13.3. The molecule has 0 bridgehead atoms. The topological polar surface area (TPSA) is 24.4 Å². The SMILES string of the molecule is Cc1cccc(N/N=C\c2ccccc2F)c1. The van der Waals surface area contributed by atoms with Crippen LogP contribution in [0.4, 0.5) is 10.1 Å². The van der Waals surface area contributed by atoms with Gasteiger partial charge in [-0.15, -0.1) is 0 Å². The fourth-order valence-corrected chi connectivity index (χ4v) is 1.47.